The van der Waals surface area contributed by atoms with Gasteiger partial charge in [-0.25, -0.2) is 0 Å². The first-order chi connectivity index (χ1) is 19.1. The molecule has 204 valence electrons. The van der Waals surface area contributed by atoms with Crippen LogP contribution in [-0.2, 0) is 22.6 Å². The summed E-state index contributed by atoms with van der Waals surface area (Å²) in [7, 11) is 1.62. The van der Waals surface area contributed by atoms with Crippen LogP contribution >= 0.6 is 0 Å². The Kier molecular flexibility index (Phi) is 10.6. The van der Waals surface area contributed by atoms with Gasteiger partial charge < -0.3 is 19.7 Å². The van der Waals surface area contributed by atoms with Crippen LogP contribution in [0.25, 0.3) is 0 Å². The Morgan fingerprint density at radius 3 is 2.26 bits per heavy atom. The molecule has 2 amide bonds. The zero-order chi connectivity index (χ0) is 27.3. The number of amides is 2. The number of carbonyl (C=O) groups excluding carboxylic acids is 2. The lowest BCUT2D eigenvalue weighted by Crippen LogP contribution is -2.51. The molecule has 1 atom stereocenters. The van der Waals surface area contributed by atoms with Gasteiger partial charge in [0.2, 0.25) is 5.91 Å². The van der Waals surface area contributed by atoms with E-state index < -0.39 is 6.04 Å². The minimum atomic E-state index is -0.693. The molecule has 39 heavy (non-hydrogen) atoms. The average Bonchev–Trinajstić information content (AvgIpc) is 2.99. The topological polar surface area (TPSA) is 67.9 Å². The maximum Gasteiger partial charge on any atom is 0.261 e. The summed E-state index contributed by atoms with van der Waals surface area (Å²) < 4.78 is 11.1. The van der Waals surface area contributed by atoms with Gasteiger partial charge >= 0.3 is 0 Å². The van der Waals surface area contributed by atoms with E-state index in [-0.39, 0.29) is 25.0 Å². The van der Waals surface area contributed by atoms with Gasteiger partial charge in [0.25, 0.3) is 5.91 Å². The van der Waals surface area contributed by atoms with Gasteiger partial charge in [0.1, 0.15) is 17.5 Å². The SMILES string of the molecule is COc1ccc(CN(C(=O)COc2ccccc2)[C@H](Cc2ccccc2)C(=O)NCCC2=CCCCC2)cc1. The van der Waals surface area contributed by atoms with E-state index in [0.29, 0.717) is 18.7 Å². The second-order valence-electron chi connectivity index (χ2n) is 9.83. The molecule has 0 bridgehead atoms. The van der Waals surface area contributed by atoms with E-state index in [2.05, 4.69) is 11.4 Å². The molecule has 1 aliphatic carbocycles. The molecule has 0 unspecified atom stereocenters. The molecule has 0 fully saturated rings. The van der Waals surface area contributed by atoms with Crippen molar-refractivity contribution in [2.75, 3.05) is 20.3 Å². The number of nitrogens with one attached hydrogen (secondary N) is 1. The predicted octanol–water partition coefficient (Wildman–Crippen LogP) is 5.72. The Hall–Kier alpha value is -4.06. The van der Waals surface area contributed by atoms with Crippen molar-refractivity contribution in [3.05, 3.63) is 108 Å². The van der Waals surface area contributed by atoms with E-state index in [0.717, 1.165) is 36.1 Å². The highest BCUT2D eigenvalue weighted by Crippen LogP contribution is 2.21. The first-order valence-electron chi connectivity index (χ1n) is 13.7. The van der Waals surface area contributed by atoms with Crippen molar-refractivity contribution < 1.29 is 19.1 Å². The van der Waals surface area contributed by atoms with Crippen LogP contribution in [0.1, 0.15) is 43.2 Å². The third-order valence-electron chi connectivity index (χ3n) is 7.02. The Balaban J connectivity index is 1.55. The number of hydrogen-bond donors (Lipinski definition) is 1. The van der Waals surface area contributed by atoms with E-state index in [1.807, 2.05) is 84.9 Å². The Morgan fingerprint density at radius 1 is 0.872 bits per heavy atom. The molecule has 0 aromatic heterocycles. The van der Waals surface area contributed by atoms with E-state index in [1.165, 1.54) is 18.4 Å². The van der Waals surface area contributed by atoms with Gasteiger partial charge in [0, 0.05) is 19.5 Å². The van der Waals surface area contributed by atoms with E-state index >= 15 is 0 Å². The summed E-state index contributed by atoms with van der Waals surface area (Å²) in [4.78, 5) is 29.0. The molecule has 0 saturated carbocycles. The molecule has 1 aliphatic rings. The van der Waals surface area contributed by atoms with Crippen molar-refractivity contribution in [1.29, 1.82) is 0 Å². The monoisotopic (exact) mass is 526 g/mol. The number of allylic oxidation sites excluding steroid dienone is 1. The van der Waals surface area contributed by atoms with Crippen LogP contribution in [0, 0.1) is 0 Å². The second-order valence-corrected chi connectivity index (χ2v) is 9.83. The summed E-state index contributed by atoms with van der Waals surface area (Å²) in [5, 5.41) is 3.13. The van der Waals surface area contributed by atoms with Gasteiger partial charge in [-0.2, -0.15) is 0 Å². The van der Waals surface area contributed by atoms with Gasteiger partial charge in [0.15, 0.2) is 6.61 Å². The number of carbonyl (C=O) groups is 2. The third-order valence-corrected chi connectivity index (χ3v) is 7.02. The van der Waals surface area contributed by atoms with Gasteiger partial charge in [-0.15, -0.1) is 0 Å². The van der Waals surface area contributed by atoms with Crippen LogP contribution < -0.4 is 14.8 Å². The van der Waals surface area contributed by atoms with Gasteiger partial charge in [-0.1, -0.05) is 72.3 Å². The number of rotatable bonds is 13. The minimum absolute atomic E-state index is 0.156. The van der Waals surface area contributed by atoms with Crippen molar-refractivity contribution >= 4 is 11.8 Å². The summed E-state index contributed by atoms with van der Waals surface area (Å²) in [6.45, 7) is 0.670. The lowest BCUT2D eigenvalue weighted by Gasteiger charge is -2.31. The smallest absolute Gasteiger partial charge is 0.261 e. The summed E-state index contributed by atoms with van der Waals surface area (Å²) in [6.07, 6.45) is 8.21. The third kappa shape index (κ3) is 8.74. The van der Waals surface area contributed by atoms with Crippen molar-refractivity contribution in [3.8, 4) is 11.5 Å². The van der Waals surface area contributed by atoms with Crippen LogP contribution in [0.3, 0.4) is 0 Å². The first kappa shape index (κ1) is 28.0. The number of hydrogen-bond acceptors (Lipinski definition) is 4. The highest BCUT2D eigenvalue weighted by Gasteiger charge is 2.30. The molecular weight excluding hydrogens is 488 g/mol. The summed E-state index contributed by atoms with van der Waals surface area (Å²) >= 11 is 0. The molecule has 3 aromatic carbocycles. The highest BCUT2D eigenvalue weighted by atomic mass is 16.5. The Labute approximate surface area is 231 Å². The van der Waals surface area contributed by atoms with Crippen molar-refractivity contribution in [2.24, 2.45) is 0 Å². The highest BCUT2D eigenvalue weighted by molar-refractivity contribution is 5.88. The van der Waals surface area contributed by atoms with Crippen LogP contribution in [-0.4, -0.2) is 43.0 Å². The number of para-hydroxylation sites is 1. The van der Waals surface area contributed by atoms with Crippen molar-refractivity contribution in [2.45, 2.75) is 51.1 Å². The number of ether oxygens (including phenoxy) is 2. The van der Waals surface area contributed by atoms with Gasteiger partial charge in [-0.3, -0.25) is 9.59 Å². The van der Waals surface area contributed by atoms with E-state index in [1.54, 1.807) is 12.0 Å². The largest absolute Gasteiger partial charge is 0.497 e. The van der Waals surface area contributed by atoms with Crippen LogP contribution in [0.5, 0.6) is 11.5 Å². The molecule has 6 heteroatoms. The molecule has 1 N–H and O–H groups in total. The van der Waals surface area contributed by atoms with Crippen molar-refractivity contribution in [1.82, 2.24) is 10.2 Å². The molecular formula is C33H38N2O4. The summed E-state index contributed by atoms with van der Waals surface area (Å²) in [6, 6.07) is 26.0. The zero-order valence-electron chi connectivity index (χ0n) is 22.7. The fraction of sp³-hybridized carbons (Fsp3) is 0.333. The van der Waals surface area contributed by atoms with Gasteiger partial charge in [0.05, 0.1) is 7.11 Å². The number of nitrogens with zero attached hydrogens (tertiary/aromatic N) is 1. The molecule has 0 heterocycles. The Morgan fingerprint density at radius 2 is 1.59 bits per heavy atom. The summed E-state index contributed by atoms with van der Waals surface area (Å²) in [5.41, 5.74) is 3.30. The summed E-state index contributed by atoms with van der Waals surface area (Å²) in [5.74, 6) is 0.942. The molecule has 0 spiro atoms. The molecule has 0 aliphatic heterocycles. The molecule has 4 rings (SSSR count). The first-order valence-corrected chi connectivity index (χ1v) is 13.7. The molecule has 3 aromatic rings. The quantitative estimate of drug-likeness (QED) is 0.289. The predicted molar refractivity (Wildman–Crippen MR) is 154 cm³/mol. The van der Waals surface area contributed by atoms with Crippen molar-refractivity contribution in [3.63, 3.8) is 0 Å². The standard InChI is InChI=1S/C33H38N2O4/c1-38-29-19-17-28(18-20-29)24-35(32(36)25-39-30-15-9-4-10-16-30)31(23-27-13-7-3-8-14-27)33(37)34-22-21-26-11-5-2-6-12-26/h3-4,7-11,13-20,31H,2,5-6,12,21-25H2,1H3,(H,34,37)/t31-/m1/s1. The molecule has 0 radical (unpaired) electrons. The van der Waals surface area contributed by atoms with Crippen LogP contribution in [0.15, 0.2) is 96.6 Å². The maximum absolute atomic E-state index is 13.7. The number of methoxy groups -OCH3 is 1. The van der Waals surface area contributed by atoms with E-state index in [4.69, 9.17) is 9.47 Å². The van der Waals surface area contributed by atoms with Crippen LogP contribution in [0.2, 0.25) is 0 Å². The maximum atomic E-state index is 13.7. The lowest BCUT2D eigenvalue weighted by molar-refractivity contribution is -0.142. The lowest BCUT2D eigenvalue weighted by atomic mass is 9.97. The molecule has 6 nitrogen and oxygen atoms in total. The van der Waals surface area contributed by atoms with Crippen LogP contribution in [0.4, 0.5) is 0 Å². The molecule has 0 saturated heterocycles. The number of benzene rings is 3. The normalized spacial score (nSPS) is 13.6. The zero-order valence-corrected chi connectivity index (χ0v) is 22.7. The average molecular weight is 527 g/mol. The van der Waals surface area contributed by atoms with E-state index in [9.17, 15) is 9.59 Å². The minimum Gasteiger partial charge on any atom is -0.497 e. The fourth-order valence-corrected chi connectivity index (χ4v) is 4.82. The fourth-order valence-electron chi connectivity index (χ4n) is 4.82. The van der Waals surface area contributed by atoms with Gasteiger partial charge in [-0.05, 0) is 67.5 Å². The Bertz CT molecular complexity index is 1210. The second kappa shape index (κ2) is 14.8.